The molecule has 1 aromatic carbocycles. The molecule has 0 aromatic heterocycles. The normalized spacial score (nSPS) is 10.6. The molecule has 3 nitrogen and oxygen atoms in total. The number of nitrogen functional groups attached to an aromatic ring is 1. The van der Waals surface area contributed by atoms with Crippen molar-refractivity contribution in [2.24, 2.45) is 5.92 Å². The van der Waals surface area contributed by atoms with Crippen LogP contribution in [0.3, 0.4) is 0 Å². The minimum atomic E-state index is -0.265. The van der Waals surface area contributed by atoms with Crippen LogP contribution in [0.4, 0.5) is 5.69 Å². The molecule has 0 fully saturated rings. The second-order valence-corrected chi connectivity index (χ2v) is 5.00. The zero-order valence-electron chi connectivity index (χ0n) is 11.3. The van der Waals surface area contributed by atoms with Gasteiger partial charge in [0, 0.05) is 5.69 Å². The van der Waals surface area contributed by atoms with E-state index >= 15 is 0 Å². The summed E-state index contributed by atoms with van der Waals surface area (Å²) >= 11 is 0. The minimum Gasteiger partial charge on any atom is -0.462 e. The minimum absolute atomic E-state index is 0.265. The molecular formula is C15H23NO2. The number of hydrogen-bond donors (Lipinski definition) is 1. The Morgan fingerprint density at radius 2 is 1.83 bits per heavy atom. The third-order valence-corrected chi connectivity index (χ3v) is 2.81. The lowest BCUT2D eigenvalue weighted by Crippen LogP contribution is -2.06. The Hall–Kier alpha value is -1.51. The summed E-state index contributed by atoms with van der Waals surface area (Å²) in [5.41, 5.74) is 6.77. The number of carbonyl (C=O) groups is 1. The zero-order chi connectivity index (χ0) is 13.4. The van der Waals surface area contributed by atoms with E-state index in [0.717, 1.165) is 18.8 Å². The topological polar surface area (TPSA) is 52.3 Å². The fraction of sp³-hybridized carbons (Fsp3) is 0.533. The van der Waals surface area contributed by atoms with E-state index in [9.17, 15) is 4.79 Å². The maximum absolute atomic E-state index is 11.6. The molecular weight excluding hydrogens is 226 g/mol. The first-order valence-electron chi connectivity index (χ1n) is 6.62. The van der Waals surface area contributed by atoms with Crippen molar-refractivity contribution in [2.75, 3.05) is 12.3 Å². The third-order valence-electron chi connectivity index (χ3n) is 2.81. The van der Waals surface area contributed by atoms with Crippen LogP contribution in [0.2, 0.25) is 0 Å². The molecule has 0 bridgehead atoms. The molecule has 0 atom stereocenters. The molecule has 1 rings (SSSR count). The molecule has 2 N–H and O–H groups in total. The first-order chi connectivity index (χ1) is 8.59. The maximum Gasteiger partial charge on any atom is 0.338 e. The second kappa shape index (κ2) is 7.75. The van der Waals surface area contributed by atoms with Crippen LogP contribution in [0.1, 0.15) is 49.9 Å². The van der Waals surface area contributed by atoms with Crippen molar-refractivity contribution in [3.05, 3.63) is 29.8 Å². The van der Waals surface area contributed by atoms with E-state index in [4.69, 9.17) is 10.5 Å². The van der Waals surface area contributed by atoms with Gasteiger partial charge in [-0.15, -0.1) is 0 Å². The van der Waals surface area contributed by atoms with E-state index in [2.05, 4.69) is 13.8 Å². The molecule has 0 aliphatic rings. The van der Waals surface area contributed by atoms with Gasteiger partial charge >= 0.3 is 5.97 Å². The smallest absolute Gasteiger partial charge is 0.338 e. The van der Waals surface area contributed by atoms with E-state index in [0.29, 0.717) is 17.9 Å². The first-order valence-corrected chi connectivity index (χ1v) is 6.62. The number of benzene rings is 1. The van der Waals surface area contributed by atoms with E-state index in [1.165, 1.54) is 12.8 Å². The van der Waals surface area contributed by atoms with Gasteiger partial charge in [0.1, 0.15) is 0 Å². The van der Waals surface area contributed by atoms with Gasteiger partial charge in [-0.1, -0.05) is 33.1 Å². The van der Waals surface area contributed by atoms with Gasteiger partial charge in [0.15, 0.2) is 0 Å². The highest BCUT2D eigenvalue weighted by Gasteiger charge is 2.05. The highest BCUT2D eigenvalue weighted by Crippen LogP contribution is 2.10. The van der Waals surface area contributed by atoms with Crippen LogP contribution in [0.5, 0.6) is 0 Å². The van der Waals surface area contributed by atoms with Gasteiger partial charge in [-0.05, 0) is 36.6 Å². The van der Waals surface area contributed by atoms with Gasteiger partial charge in [0.25, 0.3) is 0 Å². The fourth-order valence-corrected chi connectivity index (χ4v) is 1.70. The predicted octanol–water partition coefficient (Wildman–Crippen LogP) is 3.64. The Morgan fingerprint density at radius 1 is 1.17 bits per heavy atom. The van der Waals surface area contributed by atoms with Crippen molar-refractivity contribution < 1.29 is 9.53 Å². The average molecular weight is 249 g/mol. The number of carbonyl (C=O) groups excluding carboxylic acids is 1. The molecule has 0 radical (unpaired) electrons. The third kappa shape index (κ3) is 5.71. The second-order valence-electron chi connectivity index (χ2n) is 5.00. The van der Waals surface area contributed by atoms with Crippen LogP contribution in [0.15, 0.2) is 24.3 Å². The van der Waals surface area contributed by atoms with Crippen LogP contribution in [0.25, 0.3) is 0 Å². The Kier molecular flexibility index (Phi) is 6.26. The summed E-state index contributed by atoms with van der Waals surface area (Å²) in [5.74, 6) is 0.487. The first kappa shape index (κ1) is 14.6. The van der Waals surface area contributed by atoms with Gasteiger partial charge in [-0.25, -0.2) is 4.79 Å². The van der Waals surface area contributed by atoms with E-state index in [1.807, 2.05) is 0 Å². The molecule has 0 spiro atoms. The summed E-state index contributed by atoms with van der Waals surface area (Å²) in [4.78, 5) is 11.6. The van der Waals surface area contributed by atoms with Crippen LogP contribution >= 0.6 is 0 Å². The van der Waals surface area contributed by atoms with Crippen molar-refractivity contribution in [3.63, 3.8) is 0 Å². The predicted molar refractivity (Wildman–Crippen MR) is 74.4 cm³/mol. The number of unbranched alkanes of at least 4 members (excludes halogenated alkanes) is 2. The lowest BCUT2D eigenvalue weighted by molar-refractivity contribution is 0.0497. The van der Waals surface area contributed by atoms with Crippen molar-refractivity contribution in [2.45, 2.75) is 39.5 Å². The molecule has 1 aromatic rings. The van der Waals surface area contributed by atoms with E-state index < -0.39 is 0 Å². The van der Waals surface area contributed by atoms with Gasteiger partial charge in [0.05, 0.1) is 12.2 Å². The van der Waals surface area contributed by atoms with Crippen LogP contribution < -0.4 is 5.73 Å². The largest absolute Gasteiger partial charge is 0.462 e. The summed E-state index contributed by atoms with van der Waals surface area (Å²) in [6.07, 6.45) is 4.50. The molecule has 18 heavy (non-hydrogen) atoms. The van der Waals surface area contributed by atoms with Gasteiger partial charge < -0.3 is 10.5 Å². The lowest BCUT2D eigenvalue weighted by atomic mass is 10.1. The van der Waals surface area contributed by atoms with Crippen molar-refractivity contribution in [1.82, 2.24) is 0 Å². The van der Waals surface area contributed by atoms with Crippen molar-refractivity contribution >= 4 is 11.7 Å². The number of ether oxygens (including phenoxy) is 1. The Balaban J connectivity index is 2.16. The van der Waals surface area contributed by atoms with Crippen molar-refractivity contribution in [3.8, 4) is 0 Å². The van der Waals surface area contributed by atoms with Gasteiger partial charge in [0.2, 0.25) is 0 Å². The van der Waals surface area contributed by atoms with Crippen LogP contribution in [0, 0.1) is 5.92 Å². The van der Waals surface area contributed by atoms with Gasteiger partial charge in [-0.3, -0.25) is 0 Å². The Morgan fingerprint density at radius 3 is 2.44 bits per heavy atom. The van der Waals surface area contributed by atoms with Gasteiger partial charge in [-0.2, -0.15) is 0 Å². The summed E-state index contributed by atoms with van der Waals surface area (Å²) in [6, 6.07) is 6.80. The Bertz CT molecular complexity index is 357. The molecule has 0 aliphatic carbocycles. The van der Waals surface area contributed by atoms with Crippen LogP contribution in [-0.4, -0.2) is 12.6 Å². The number of nitrogens with two attached hydrogens (primary N) is 1. The number of hydrogen-bond acceptors (Lipinski definition) is 3. The monoisotopic (exact) mass is 249 g/mol. The standard InChI is InChI=1S/C15H23NO2/c1-12(2)6-4-3-5-11-18-15(17)13-7-9-14(16)10-8-13/h7-10,12H,3-6,11,16H2,1-2H3. The highest BCUT2D eigenvalue weighted by atomic mass is 16.5. The summed E-state index contributed by atoms with van der Waals surface area (Å²) in [6.45, 7) is 4.95. The van der Waals surface area contributed by atoms with Crippen LogP contribution in [-0.2, 0) is 4.74 Å². The summed E-state index contributed by atoms with van der Waals surface area (Å²) < 4.78 is 5.20. The molecule has 0 unspecified atom stereocenters. The quantitative estimate of drug-likeness (QED) is 0.456. The molecule has 0 saturated carbocycles. The molecule has 0 aliphatic heterocycles. The molecule has 3 heteroatoms. The number of anilines is 1. The van der Waals surface area contributed by atoms with E-state index in [-0.39, 0.29) is 5.97 Å². The summed E-state index contributed by atoms with van der Waals surface area (Å²) in [5, 5.41) is 0. The van der Waals surface area contributed by atoms with Crippen molar-refractivity contribution in [1.29, 1.82) is 0 Å². The SMILES string of the molecule is CC(C)CCCCCOC(=O)c1ccc(N)cc1. The van der Waals surface area contributed by atoms with E-state index in [1.54, 1.807) is 24.3 Å². The zero-order valence-corrected chi connectivity index (χ0v) is 11.3. The molecule has 0 heterocycles. The summed E-state index contributed by atoms with van der Waals surface area (Å²) in [7, 11) is 0. The Labute approximate surface area is 109 Å². The average Bonchev–Trinajstić information content (AvgIpc) is 2.34. The molecule has 0 amide bonds. The fourth-order valence-electron chi connectivity index (χ4n) is 1.70. The maximum atomic E-state index is 11.6. The molecule has 100 valence electrons. The number of rotatable bonds is 7. The molecule has 0 saturated heterocycles. The highest BCUT2D eigenvalue weighted by molar-refractivity contribution is 5.89. The lowest BCUT2D eigenvalue weighted by Gasteiger charge is -2.06. The number of esters is 1.